The van der Waals surface area contributed by atoms with Gasteiger partial charge < -0.3 is 16.0 Å². The number of nitrogens with one attached hydrogen (secondary N) is 2. The zero-order chi connectivity index (χ0) is 13.8. The Hall–Kier alpha value is -1.69. The molecule has 1 amide bonds. The van der Waals surface area contributed by atoms with Gasteiger partial charge in [0, 0.05) is 12.3 Å². The van der Waals surface area contributed by atoms with Gasteiger partial charge in [0.1, 0.15) is 0 Å². The molecule has 0 atom stereocenters. The van der Waals surface area contributed by atoms with Crippen molar-refractivity contribution in [1.82, 2.24) is 10.3 Å². The van der Waals surface area contributed by atoms with Crippen molar-refractivity contribution >= 4 is 23.1 Å². The summed E-state index contributed by atoms with van der Waals surface area (Å²) in [6, 6.07) is 2.76. The molecular formula is C12H17N3O2S. The fraction of sp³-hybridized carbons (Fsp3) is 0.417. The van der Waals surface area contributed by atoms with E-state index in [1.54, 1.807) is 0 Å². The first-order valence-electron chi connectivity index (χ1n) is 5.76. The minimum absolute atomic E-state index is 0.252. The van der Waals surface area contributed by atoms with Crippen LogP contribution in [0.5, 0.6) is 0 Å². The van der Waals surface area contributed by atoms with Gasteiger partial charge in [0.05, 0.1) is 16.1 Å². The first-order valence-corrected chi connectivity index (χ1v) is 6.17. The van der Waals surface area contributed by atoms with Crippen molar-refractivity contribution in [3.63, 3.8) is 0 Å². The molecule has 0 aromatic carbocycles. The lowest BCUT2D eigenvalue weighted by atomic mass is 9.92. The van der Waals surface area contributed by atoms with Crippen LogP contribution in [0, 0.1) is 0 Å². The van der Waals surface area contributed by atoms with Crippen molar-refractivity contribution in [2.24, 2.45) is 5.73 Å². The second kappa shape index (κ2) is 5.77. The summed E-state index contributed by atoms with van der Waals surface area (Å²) in [6.45, 7) is 3.83. The molecule has 6 heteroatoms. The van der Waals surface area contributed by atoms with Gasteiger partial charge in [-0.3, -0.25) is 9.59 Å². The second-order valence-electron chi connectivity index (χ2n) is 4.05. The smallest absolute Gasteiger partial charge is 0.253 e. The number of hydrogen-bond acceptors (Lipinski definition) is 3. The van der Waals surface area contributed by atoms with Crippen LogP contribution < -0.4 is 16.6 Å². The van der Waals surface area contributed by atoms with Crippen LogP contribution in [-0.4, -0.2) is 21.4 Å². The molecule has 0 aliphatic carbocycles. The fourth-order valence-corrected chi connectivity index (χ4v) is 2.02. The average Bonchev–Trinajstić information content (AvgIpc) is 2.36. The van der Waals surface area contributed by atoms with Crippen LogP contribution in [0.4, 0.5) is 0 Å². The summed E-state index contributed by atoms with van der Waals surface area (Å²) < 4.78 is 0. The van der Waals surface area contributed by atoms with Crippen molar-refractivity contribution in [3.8, 4) is 0 Å². The minimum Gasteiger partial charge on any atom is -0.391 e. The number of amides is 1. The van der Waals surface area contributed by atoms with Gasteiger partial charge in [0.15, 0.2) is 0 Å². The highest BCUT2D eigenvalue weighted by Gasteiger charge is 2.31. The van der Waals surface area contributed by atoms with Crippen molar-refractivity contribution < 1.29 is 4.79 Å². The summed E-state index contributed by atoms with van der Waals surface area (Å²) in [7, 11) is 0. The van der Waals surface area contributed by atoms with Crippen LogP contribution in [-0.2, 0) is 0 Å². The maximum Gasteiger partial charge on any atom is 0.253 e. The van der Waals surface area contributed by atoms with E-state index in [9.17, 15) is 9.59 Å². The highest BCUT2D eigenvalue weighted by Crippen LogP contribution is 2.16. The summed E-state index contributed by atoms with van der Waals surface area (Å²) in [6.07, 6.45) is 2.61. The molecule has 1 aromatic rings. The summed E-state index contributed by atoms with van der Waals surface area (Å²) in [4.78, 5) is 25.7. The van der Waals surface area contributed by atoms with E-state index in [1.165, 1.54) is 18.3 Å². The lowest BCUT2D eigenvalue weighted by Gasteiger charge is -2.31. The minimum atomic E-state index is -0.678. The fourth-order valence-electron chi connectivity index (χ4n) is 1.68. The molecule has 0 aliphatic heterocycles. The van der Waals surface area contributed by atoms with Gasteiger partial charge in [0.25, 0.3) is 5.91 Å². The van der Waals surface area contributed by atoms with Crippen molar-refractivity contribution in [1.29, 1.82) is 0 Å². The SMILES string of the molecule is CCC(CC)(NC(=O)c1ccc(=O)[nH]c1)C(N)=S. The summed E-state index contributed by atoms with van der Waals surface area (Å²) >= 11 is 5.02. The number of aromatic nitrogens is 1. The molecule has 1 aromatic heterocycles. The van der Waals surface area contributed by atoms with E-state index in [-0.39, 0.29) is 16.5 Å². The van der Waals surface area contributed by atoms with Crippen molar-refractivity contribution in [2.75, 3.05) is 0 Å². The van der Waals surface area contributed by atoms with E-state index in [0.29, 0.717) is 18.4 Å². The molecular weight excluding hydrogens is 250 g/mol. The number of thiocarbonyl (C=S) groups is 1. The zero-order valence-corrected chi connectivity index (χ0v) is 11.3. The van der Waals surface area contributed by atoms with E-state index in [2.05, 4.69) is 10.3 Å². The number of nitrogens with two attached hydrogens (primary N) is 1. The van der Waals surface area contributed by atoms with E-state index in [4.69, 9.17) is 18.0 Å². The molecule has 0 radical (unpaired) electrons. The summed E-state index contributed by atoms with van der Waals surface area (Å²) in [5, 5.41) is 2.84. The van der Waals surface area contributed by atoms with Gasteiger partial charge in [-0.15, -0.1) is 0 Å². The Labute approximate surface area is 111 Å². The van der Waals surface area contributed by atoms with E-state index < -0.39 is 5.54 Å². The number of rotatable bonds is 5. The third-order valence-electron chi connectivity index (χ3n) is 3.08. The predicted octanol–water partition coefficient (Wildman–Crippen LogP) is 0.950. The third-order valence-corrected chi connectivity index (χ3v) is 3.47. The first-order chi connectivity index (χ1) is 8.45. The standard InChI is InChI=1S/C12H17N3O2S/c1-3-12(4-2,11(13)18)15-10(17)8-5-6-9(16)14-7-8/h5-7H,3-4H2,1-2H3,(H2,13,18)(H,14,16)(H,15,17). The number of carbonyl (C=O) groups is 1. The molecule has 0 spiro atoms. The first kappa shape index (κ1) is 14.4. The van der Waals surface area contributed by atoms with Crippen LogP contribution in [0.2, 0.25) is 0 Å². The Morgan fingerprint density at radius 2 is 2.06 bits per heavy atom. The van der Waals surface area contributed by atoms with E-state index >= 15 is 0 Å². The quantitative estimate of drug-likeness (QED) is 0.693. The molecule has 4 N–H and O–H groups in total. The number of carbonyl (C=O) groups excluding carboxylic acids is 1. The molecule has 5 nitrogen and oxygen atoms in total. The van der Waals surface area contributed by atoms with E-state index in [0.717, 1.165) is 0 Å². The van der Waals surface area contributed by atoms with Gasteiger partial charge in [0.2, 0.25) is 5.56 Å². The molecule has 1 heterocycles. The molecule has 0 fully saturated rings. The molecule has 0 saturated heterocycles. The number of aromatic amines is 1. The van der Waals surface area contributed by atoms with Gasteiger partial charge in [-0.25, -0.2) is 0 Å². The largest absolute Gasteiger partial charge is 0.391 e. The average molecular weight is 267 g/mol. The Kier molecular flexibility index (Phi) is 4.61. The molecule has 0 saturated carbocycles. The lowest BCUT2D eigenvalue weighted by Crippen LogP contribution is -2.56. The van der Waals surface area contributed by atoms with Gasteiger partial charge >= 0.3 is 0 Å². The summed E-state index contributed by atoms with van der Waals surface area (Å²) in [5.74, 6) is -0.303. The van der Waals surface area contributed by atoms with Crippen LogP contribution in [0.15, 0.2) is 23.1 Å². The Balaban J connectivity index is 2.95. The van der Waals surface area contributed by atoms with Crippen LogP contribution in [0.25, 0.3) is 0 Å². The number of H-pyrrole nitrogens is 1. The van der Waals surface area contributed by atoms with Crippen molar-refractivity contribution in [2.45, 2.75) is 32.2 Å². The molecule has 0 bridgehead atoms. The normalized spacial score (nSPS) is 11.0. The van der Waals surface area contributed by atoms with Gasteiger partial charge in [-0.1, -0.05) is 26.1 Å². The Bertz CT molecular complexity index is 486. The second-order valence-corrected chi connectivity index (χ2v) is 4.49. The number of pyridine rings is 1. The molecule has 0 aliphatic rings. The monoisotopic (exact) mass is 267 g/mol. The number of hydrogen-bond donors (Lipinski definition) is 3. The van der Waals surface area contributed by atoms with Crippen LogP contribution in [0.1, 0.15) is 37.0 Å². The highest BCUT2D eigenvalue weighted by atomic mass is 32.1. The Morgan fingerprint density at radius 3 is 2.44 bits per heavy atom. The molecule has 18 heavy (non-hydrogen) atoms. The molecule has 0 unspecified atom stereocenters. The van der Waals surface area contributed by atoms with E-state index in [1.807, 2.05) is 13.8 Å². The highest BCUT2D eigenvalue weighted by molar-refractivity contribution is 7.80. The predicted molar refractivity (Wildman–Crippen MR) is 74.6 cm³/mol. The summed E-state index contributed by atoms with van der Waals surface area (Å²) in [5.41, 5.74) is 5.14. The molecule has 98 valence electrons. The lowest BCUT2D eigenvalue weighted by molar-refractivity contribution is 0.0919. The van der Waals surface area contributed by atoms with Crippen LogP contribution >= 0.6 is 12.2 Å². The van der Waals surface area contributed by atoms with Crippen LogP contribution in [0.3, 0.4) is 0 Å². The Morgan fingerprint density at radius 1 is 1.44 bits per heavy atom. The zero-order valence-electron chi connectivity index (χ0n) is 10.4. The topological polar surface area (TPSA) is 88.0 Å². The van der Waals surface area contributed by atoms with Gasteiger partial charge in [-0.05, 0) is 18.9 Å². The van der Waals surface area contributed by atoms with Crippen molar-refractivity contribution in [3.05, 3.63) is 34.2 Å². The molecule has 1 rings (SSSR count). The maximum atomic E-state index is 12.0. The third kappa shape index (κ3) is 2.95. The maximum absolute atomic E-state index is 12.0. The van der Waals surface area contributed by atoms with Gasteiger partial charge in [-0.2, -0.15) is 0 Å².